The number of nitrogens with two attached hydrogens (primary N) is 1. The maximum Gasteiger partial charge on any atom is 0.123 e. The van der Waals surface area contributed by atoms with Gasteiger partial charge in [0, 0.05) is 23.1 Å². The molecule has 3 atom stereocenters. The molecule has 3 N–H and O–H groups in total. The zero-order valence-corrected chi connectivity index (χ0v) is 13.7. The Morgan fingerprint density at radius 2 is 2.05 bits per heavy atom. The lowest BCUT2D eigenvalue weighted by molar-refractivity contribution is 0.0303. The van der Waals surface area contributed by atoms with Gasteiger partial charge in [0.1, 0.15) is 5.82 Å². The summed E-state index contributed by atoms with van der Waals surface area (Å²) in [5.41, 5.74) is 10.3. The molecule has 0 spiro atoms. The fourth-order valence-electron chi connectivity index (χ4n) is 2.89. The van der Waals surface area contributed by atoms with E-state index < -0.39 is 0 Å². The molecule has 2 rings (SSSR count). The highest BCUT2D eigenvalue weighted by Gasteiger charge is 2.27. The fraction of sp³-hybridized carbons (Fsp3) is 0.600. The van der Waals surface area contributed by atoms with E-state index in [-0.39, 0.29) is 11.9 Å². The van der Waals surface area contributed by atoms with Crippen LogP contribution in [0.1, 0.15) is 44.7 Å². The maximum absolute atomic E-state index is 13.5. The van der Waals surface area contributed by atoms with Gasteiger partial charge < -0.3 is 5.73 Å². The predicted molar refractivity (Wildman–Crippen MR) is 83.6 cm³/mol. The van der Waals surface area contributed by atoms with E-state index in [0.29, 0.717) is 18.6 Å². The molecular weight excluding hydrogens is 321 g/mol. The Hall–Kier alpha value is -0.490. The molecule has 5 heteroatoms. The number of hydrogen-bond donors (Lipinski definition) is 2. The molecule has 1 aromatic carbocycles. The number of halogens is 2. The normalized spacial score (nSPS) is 25.6. The summed E-state index contributed by atoms with van der Waals surface area (Å²) in [6.07, 6.45) is 3.62. The van der Waals surface area contributed by atoms with Crippen LogP contribution in [0.25, 0.3) is 0 Å². The van der Waals surface area contributed by atoms with Crippen LogP contribution in [0, 0.1) is 5.82 Å². The van der Waals surface area contributed by atoms with Crippen molar-refractivity contribution in [1.29, 1.82) is 0 Å². The number of benzene rings is 1. The Morgan fingerprint density at radius 3 is 2.65 bits per heavy atom. The molecule has 1 aliphatic heterocycles. The van der Waals surface area contributed by atoms with Gasteiger partial charge in [0.25, 0.3) is 0 Å². The molecular formula is C15H23BrFN3. The molecule has 1 saturated heterocycles. The monoisotopic (exact) mass is 343 g/mol. The van der Waals surface area contributed by atoms with E-state index in [1.807, 2.05) is 0 Å². The summed E-state index contributed by atoms with van der Waals surface area (Å²) in [6, 6.07) is 5.60. The molecule has 1 aliphatic rings. The molecule has 1 aromatic rings. The highest BCUT2D eigenvalue weighted by atomic mass is 79.9. The second-order valence-corrected chi connectivity index (χ2v) is 6.47. The number of nitrogens with zero attached hydrogens (tertiary/aromatic N) is 1. The number of hydrazine groups is 1. The second-order valence-electron chi connectivity index (χ2n) is 5.62. The second kappa shape index (κ2) is 6.98. The Labute approximate surface area is 128 Å². The molecule has 0 aromatic heterocycles. The zero-order valence-electron chi connectivity index (χ0n) is 12.1. The molecule has 1 heterocycles. The SMILES string of the molecule is CC1CCCC(C)N1NC(CN)c1cc(F)ccc1Br. The number of hydrogen-bond acceptors (Lipinski definition) is 3. The van der Waals surface area contributed by atoms with Gasteiger partial charge in [0.2, 0.25) is 0 Å². The summed E-state index contributed by atoms with van der Waals surface area (Å²) in [7, 11) is 0. The van der Waals surface area contributed by atoms with Crippen LogP contribution in [0.15, 0.2) is 22.7 Å². The lowest BCUT2D eigenvalue weighted by atomic mass is 9.99. The molecule has 112 valence electrons. The van der Waals surface area contributed by atoms with E-state index in [2.05, 4.69) is 40.2 Å². The van der Waals surface area contributed by atoms with Crippen molar-refractivity contribution >= 4 is 15.9 Å². The first-order chi connectivity index (χ1) is 9.52. The summed E-state index contributed by atoms with van der Waals surface area (Å²) >= 11 is 3.49. The lowest BCUT2D eigenvalue weighted by Gasteiger charge is -2.41. The Morgan fingerprint density at radius 1 is 1.40 bits per heavy atom. The first kappa shape index (κ1) is 15.9. The fourth-order valence-corrected chi connectivity index (χ4v) is 3.41. The summed E-state index contributed by atoms with van der Waals surface area (Å²) in [5.74, 6) is -0.233. The first-order valence-corrected chi connectivity index (χ1v) is 8.01. The summed E-state index contributed by atoms with van der Waals surface area (Å²) < 4.78 is 14.4. The van der Waals surface area contributed by atoms with E-state index in [4.69, 9.17) is 5.73 Å². The highest BCUT2D eigenvalue weighted by molar-refractivity contribution is 9.10. The summed E-state index contributed by atoms with van der Waals surface area (Å²) in [6.45, 7) is 4.87. The quantitative estimate of drug-likeness (QED) is 0.880. The predicted octanol–water partition coefficient (Wildman–Crippen LogP) is 3.36. The van der Waals surface area contributed by atoms with Crippen molar-refractivity contribution in [2.45, 2.75) is 51.2 Å². The van der Waals surface area contributed by atoms with Crippen molar-refractivity contribution in [1.82, 2.24) is 10.4 Å². The van der Waals surface area contributed by atoms with Gasteiger partial charge in [0.15, 0.2) is 0 Å². The topological polar surface area (TPSA) is 41.3 Å². The van der Waals surface area contributed by atoms with Crippen LogP contribution in [0.5, 0.6) is 0 Å². The minimum absolute atomic E-state index is 0.0805. The lowest BCUT2D eigenvalue weighted by Crippen LogP contribution is -2.54. The van der Waals surface area contributed by atoms with Crippen LogP contribution in [-0.4, -0.2) is 23.6 Å². The molecule has 3 nitrogen and oxygen atoms in total. The maximum atomic E-state index is 13.5. The van der Waals surface area contributed by atoms with E-state index in [9.17, 15) is 4.39 Å². The molecule has 0 amide bonds. The van der Waals surface area contributed by atoms with Gasteiger partial charge in [-0.3, -0.25) is 0 Å². The third kappa shape index (κ3) is 3.58. The van der Waals surface area contributed by atoms with Gasteiger partial charge in [-0.25, -0.2) is 14.8 Å². The molecule has 1 fully saturated rings. The van der Waals surface area contributed by atoms with E-state index >= 15 is 0 Å². The minimum atomic E-state index is -0.233. The van der Waals surface area contributed by atoms with Crippen molar-refractivity contribution in [3.63, 3.8) is 0 Å². The van der Waals surface area contributed by atoms with Gasteiger partial charge in [-0.1, -0.05) is 22.4 Å². The average Bonchev–Trinajstić information content (AvgIpc) is 2.42. The average molecular weight is 344 g/mol. The van der Waals surface area contributed by atoms with Crippen molar-refractivity contribution in [2.24, 2.45) is 5.73 Å². The van der Waals surface area contributed by atoms with Crippen LogP contribution in [0.3, 0.4) is 0 Å². The standard InChI is InChI=1S/C15H23BrFN3/c1-10-4-3-5-11(2)20(10)19-15(9-18)13-8-12(17)6-7-14(13)16/h6-8,10-11,15,19H,3-5,9,18H2,1-2H3. The van der Waals surface area contributed by atoms with Crippen LogP contribution < -0.4 is 11.2 Å². The van der Waals surface area contributed by atoms with Crippen molar-refractivity contribution < 1.29 is 4.39 Å². The number of piperidine rings is 1. The third-order valence-electron chi connectivity index (χ3n) is 4.07. The van der Waals surface area contributed by atoms with E-state index in [1.165, 1.54) is 25.3 Å². The Kier molecular flexibility index (Phi) is 5.55. The minimum Gasteiger partial charge on any atom is -0.329 e. The molecule has 0 radical (unpaired) electrons. The third-order valence-corrected chi connectivity index (χ3v) is 4.79. The van der Waals surface area contributed by atoms with Gasteiger partial charge in [0.05, 0.1) is 6.04 Å². The molecule has 0 saturated carbocycles. The van der Waals surface area contributed by atoms with Crippen LogP contribution in [0.4, 0.5) is 4.39 Å². The van der Waals surface area contributed by atoms with Crippen molar-refractivity contribution in [3.8, 4) is 0 Å². The van der Waals surface area contributed by atoms with Gasteiger partial charge in [-0.2, -0.15) is 0 Å². The van der Waals surface area contributed by atoms with E-state index in [0.717, 1.165) is 10.0 Å². The van der Waals surface area contributed by atoms with Gasteiger partial charge in [-0.15, -0.1) is 0 Å². The molecule has 20 heavy (non-hydrogen) atoms. The molecule has 3 unspecified atom stereocenters. The zero-order chi connectivity index (χ0) is 14.7. The van der Waals surface area contributed by atoms with Crippen LogP contribution in [0.2, 0.25) is 0 Å². The highest BCUT2D eigenvalue weighted by Crippen LogP contribution is 2.27. The first-order valence-electron chi connectivity index (χ1n) is 7.22. The number of rotatable bonds is 4. The van der Waals surface area contributed by atoms with Crippen molar-refractivity contribution in [2.75, 3.05) is 6.54 Å². The van der Waals surface area contributed by atoms with Crippen molar-refractivity contribution in [3.05, 3.63) is 34.1 Å². The van der Waals surface area contributed by atoms with Crippen LogP contribution in [-0.2, 0) is 0 Å². The largest absolute Gasteiger partial charge is 0.329 e. The summed E-state index contributed by atoms with van der Waals surface area (Å²) in [5, 5.41) is 2.28. The van der Waals surface area contributed by atoms with Gasteiger partial charge in [-0.05, 0) is 50.5 Å². The molecule has 0 aliphatic carbocycles. The van der Waals surface area contributed by atoms with E-state index in [1.54, 1.807) is 12.1 Å². The summed E-state index contributed by atoms with van der Waals surface area (Å²) in [4.78, 5) is 0. The Bertz CT molecular complexity index is 445. The van der Waals surface area contributed by atoms with Crippen LogP contribution >= 0.6 is 15.9 Å². The Balaban J connectivity index is 2.17. The van der Waals surface area contributed by atoms with Gasteiger partial charge >= 0.3 is 0 Å². The number of nitrogens with one attached hydrogen (secondary N) is 1. The molecule has 0 bridgehead atoms. The smallest absolute Gasteiger partial charge is 0.123 e.